The van der Waals surface area contributed by atoms with Crippen molar-refractivity contribution >= 4 is 22.4 Å². The van der Waals surface area contributed by atoms with Crippen LogP contribution in [0.4, 0.5) is 0 Å². The van der Waals surface area contributed by atoms with Crippen molar-refractivity contribution in [1.29, 1.82) is 0 Å². The van der Waals surface area contributed by atoms with Gasteiger partial charge in [0.15, 0.2) is 0 Å². The molecule has 0 aliphatic rings. The summed E-state index contributed by atoms with van der Waals surface area (Å²) in [6, 6.07) is 8.39. The van der Waals surface area contributed by atoms with E-state index >= 15 is 0 Å². The molecule has 0 spiro atoms. The number of nitrogens with one attached hydrogen (secondary N) is 2. The molecule has 0 aliphatic carbocycles. The molecule has 6 heteroatoms. The van der Waals surface area contributed by atoms with Crippen LogP contribution in [0, 0.1) is 0 Å². The van der Waals surface area contributed by atoms with Crippen molar-refractivity contribution in [1.82, 2.24) is 10.0 Å². The van der Waals surface area contributed by atoms with Gasteiger partial charge in [-0.2, -0.15) is 0 Å². The van der Waals surface area contributed by atoms with Gasteiger partial charge in [0.1, 0.15) is 0 Å². The maximum Gasteiger partial charge on any atom is 0.240 e. The molecule has 0 atom stereocenters. The maximum atomic E-state index is 11.7. The van der Waals surface area contributed by atoms with Gasteiger partial charge in [0.2, 0.25) is 10.0 Å². The van der Waals surface area contributed by atoms with E-state index in [1.54, 1.807) is 30.3 Å². The number of benzene rings is 1. The smallest absolute Gasteiger partial charge is 0.240 e. The van der Waals surface area contributed by atoms with Gasteiger partial charge in [-0.15, -0.1) is 12.4 Å². The fourth-order valence-electron chi connectivity index (χ4n) is 1.26. The zero-order valence-corrected chi connectivity index (χ0v) is 11.5. The maximum absolute atomic E-state index is 11.7. The average molecular weight is 279 g/mol. The van der Waals surface area contributed by atoms with Crippen molar-refractivity contribution in [2.75, 3.05) is 19.6 Å². The molecule has 0 radical (unpaired) electrons. The normalized spacial score (nSPS) is 10.9. The monoisotopic (exact) mass is 278 g/mol. The zero-order valence-electron chi connectivity index (χ0n) is 9.85. The van der Waals surface area contributed by atoms with E-state index in [4.69, 9.17) is 0 Å². The molecular weight excluding hydrogens is 260 g/mol. The lowest BCUT2D eigenvalue weighted by atomic mass is 10.4. The van der Waals surface area contributed by atoms with Crippen molar-refractivity contribution in [2.45, 2.75) is 18.2 Å². The second-order valence-corrected chi connectivity index (χ2v) is 5.23. The van der Waals surface area contributed by atoms with E-state index in [9.17, 15) is 8.42 Å². The van der Waals surface area contributed by atoms with E-state index in [0.29, 0.717) is 18.0 Å². The van der Waals surface area contributed by atoms with Gasteiger partial charge in [0.05, 0.1) is 4.90 Å². The molecule has 1 aromatic carbocycles. The van der Waals surface area contributed by atoms with Gasteiger partial charge in [-0.3, -0.25) is 0 Å². The van der Waals surface area contributed by atoms with Crippen molar-refractivity contribution in [3.8, 4) is 0 Å². The lowest BCUT2D eigenvalue weighted by Crippen LogP contribution is -2.32. The standard InChI is InChI=1S/C11H18N2O2S.ClH/c1-2-8-12-9-10-13-16(14,15)11-6-4-3-5-7-11;/h3-7,12-13H,2,8-10H2,1H3;1H. The summed E-state index contributed by atoms with van der Waals surface area (Å²) in [4.78, 5) is 0.311. The summed E-state index contributed by atoms with van der Waals surface area (Å²) < 4.78 is 26.0. The van der Waals surface area contributed by atoms with E-state index in [1.165, 1.54) is 0 Å². The van der Waals surface area contributed by atoms with E-state index in [0.717, 1.165) is 13.0 Å². The second kappa shape index (κ2) is 8.47. The number of halogens is 1. The molecule has 0 amide bonds. The highest BCUT2D eigenvalue weighted by molar-refractivity contribution is 7.89. The van der Waals surface area contributed by atoms with Crippen LogP contribution in [0.5, 0.6) is 0 Å². The van der Waals surface area contributed by atoms with Gasteiger partial charge in [-0.1, -0.05) is 25.1 Å². The van der Waals surface area contributed by atoms with Crippen LogP contribution in [-0.2, 0) is 10.0 Å². The third kappa shape index (κ3) is 6.02. The van der Waals surface area contributed by atoms with E-state index in [1.807, 2.05) is 0 Å². The van der Waals surface area contributed by atoms with Gasteiger partial charge in [-0.05, 0) is 25.1 Å². The molecule has 2 N–H and O–H groups in total. The van der Waals surface area contributed by atoms with Crippen LogP contribution in [0.1, 0.15) is 13.3 Å². The lowest BCUT2D eigenvalue weighted by Gasteiger charge is -2.06. The number of hydrogen-bond donors (Lipinski definition) is 2. The Kier molecular flexibility index (Phi) is 8.16. The predicted molar refractivity (Wildman–Crippen MR) is 72.0 cm³/mol. The Labute approximate surface area is 109 Å². The third-order valence-electron chi connectivity index (χ3n) is 2.07. The molecule has 0 unspecified atom stereocenters. The van der Waals surface area contributed by atoms with E-state index < -0.39 is 10.0 Å². The Morgan fingerprint density at radius 1 is 1.06 bits per heavy atom. The zero-order chi connectivity index (χ0) is 11.9. The predicted octanol–water partition coefficient (Wildman–Crippen LogP) is 1.39. The van der Waals surface area contributed by atoms with Crippen LogP contribution in [0.2, 0.25) is 0 Å². The minimum absolute atomic E-state index is 0. The second-order valence-electron chi connectivity index (χ2n) is 3.46. The SMILES string of the molecule is CCCNCCNS(=O)(=O)c1ccccc1.Cl. The van der Waals surface area contributed by atoms with Gasteiger partial charge < -0.3 is 5.32 Å². The van der Waals surface area contributed by atoms with Gasteiger partial charge in [0, 0.05) is 13.1 Å². The van der Waals surface area contributed by atoms with Crippen LogP contribution < -0.4 is 10.0 Å². The minimum atomic E-state index is -3.34. The highest BCUT2D eigenvalue weighted by Gasteiger charge is 2.11. The summed E-state index contributed by atoms with van der Waals surface area (Å²) in [5, 5.41) is 3.13. The van der Waals surface area contributed by atoms with Gasteiger partial charge in [0.25, 0.3) is 0 Å². The molecule has 0 aliphatic heterocycles. The van der Waals surface area contributed by atoms with E-state index in [-0.39, 0.29) is 12.4 Å². The van der Waals surface area contributed by atoms with Crippen molar-refractivity contribution in [2.24, 2.45) is 0 Å². The summed E-state index contributed by atoms with van der Waals surface area (Å²) in [7, 11) is -3.34. The molecule has 0 heterocycles. The summed E-state index contributed by atoms with van der Waals surface area (Å²) in [6.45, 7) is 4.05. The number of hydrogen-bond acceptors (Lipinski definition) is 3. The molecule has 1 aromatic rings. The summed E-state index contributed by atoms with van der Waals surface area (Å²) in [6.07, 6.45) is 1.05. The van der Waals surface area contributed by atoms with Crippen LogP contribution >= 0.6 is 12.4 Å². The first kappa shape index (κ1) is 16.4. The van der Waals surface area contributed by atoms with Gasteiger partial charge >= 0.3 is 0 Å². The molecule has 98 valence electrons. The van der Waals surface area contributed by atoms with Crippen LogP contribution in [0.3, 0.4) is 0 Å². The van der Waals surface area contributed by atoms with E-state index in [2.05, 4.69) is 17.0 Å². The molecular formula is C11H19ClN2O2S. The first-order chi connectivity index (χ1) is 7.67. The molecule has 1 rings (SSSR count). The first-order valence-corrected chi connectivity index (χ1v) is 6.90. The molecule has 4 nitrogen and oxygen atoms in total. The van der Waals surface area contributed by atoms with Crippen molar-refractivity contribution in [3.05, 3.63) is 30.3 Å². The summed E-state index contributed by atoms with van der Waals surface area (Å²) in [5.41, 5.74) is 0. The molecule has 0 saturated carbocycles. The van der Waals surface area contributed by atoms with Crippen LogP contribution in [0.15, 0.2) is 35.2 Å². The number of sulfonamides is 1. The summed E-state index contributed by atoms with van der Waals surface area (Å²) >= 11 is 0. The molecule has 17 heavy (non-hydrogen) atoms. The summed E-state index contributed by atoms with van der Waals surface area (Å²) in [5.74, 6) is 0. The lowest BCUT2D eigenvalue weighted by molar-refractivity contribution is 0.575. The Hall–Kier alpha value is -0.620. The van der Waals surface area contributed by atoms with Crippen molar-refractivity contribution in [3.63, 3.8) is 0 Å². The fourth-order valence-corrected chi connectivity index (χ4v) is 2.31. The molecule has 0 aromatic heterocycles. The number of rotatable bonds is 7. The largest absolute Gasteiger partial charge is 0.315 e. The van der Waals surface area contributed by atoms with Crippen molar-refractivity contribution < 1.29 is 8.42 Å². The Balaban J connectivity index is 0.00000256. The first-order valence-electron chi connectivity index (χ1n) is 5.42. The third-order valence-corrected chi connectivity index (χ3v) is 3.55. The average Bonchev–Trinajstić information content (AvgIpc) is 2.30. The van der Waals surface area contributed by atoms with Crippen LogP contribution in [-0.4, -0.2) is 28.1 Å². The molecule has 0 bridgehead atoms. The Bertz CT molecular complexity index is 395. The minimum Gasteiger partial charge on any atom is -0.315 e. The highest BCUT2D eigenvalue weighted by atomic mass is 35.5. The molecule has 0 fully saturated rings. The fraction of sp³-hybridized carbons (Fsp3) is 0.455. The Morgan fingerprint density at radius 2 is 1.71 bits per heavy atom. The topological polar surface area (TPSA) is 58.2 Å². The van der Waals surface area contributed by atoms with Gasteiger partial charge in [-0.25, -0.2) is 13.1 Å². The molecule has 0 saturated heterocycles. The van der Waals surface area contributed by atoms with Crippen LogP contribution in [0.25, 0.3) is 0 Å². The highest BCUT2D eigenvalue weighted by Crippen LogP contribution is 2.06. The Morgan fingerprint density at radius 3 is 2.29 bits per heavy atom. The quantitative estimate of drug-likeness (QED) is 0.741.